The van der Waals surface area contributed by atoms with Crippen LogP contribution < -0.4 is 5.69 Å². The predicted octanol–water partition coefficient (Wildman–Crippen LogP) is 4.61. The molecule has 3 heterocycles. The van der Waals surface area contributed by atoms with Crippen LogP contribution in [0.5, 0.6) is 0 Å². The minimum Gasteiger partial charge on any atom is -0.295 e. The third-order valence-corrected chi connectivity index (χ3v) is 6.13. The Morgan fingerprint density at radius 3 is 2.47 bits per heavy atom. The van der Waals surface area contributed by atoms with Crippen molar-refractivity contribution in [3.05, 3.63) is 107 Å². The third kappa shape index (κ3) is 4.45. The summed E-state index contributed by atoms with van der Waals surface area (Å²) in [5.74, 6) is -0.837. The molecule has 5 aromatic rings. The van der Waals surface area contributed by atoms with Crippen molar-refractivity contribution in [3.8, 4) is 22.5 Å². The SMILES string of the molecule is CCCC(c1c(F)cccc1F)n1ccn(Cc2ccc(-c3cnccc3-c3nn[nH]n3)cc2)c1=O. The van der Waals surface area contributed by atoms with E-state index in [1.165, 1.54) is 27.3 Å². The lowest BCUT2D eigenvalue weighted by molar-refractivity contribution is 0.451. The number of aromatic amines is 1. The number of halogens is 2. The summed E-state index contributed by atoms with van der Waals surface area (Å²) in [5, 5.41) is 14.2. The predicted molar refractivity (Wildman–Crippen MR) is 130 cm³/mol. The molecule has 0 saturated heterocycles. The lowest BCUT2D eigenvalue weighted by atomic mass is 10.0. The van der Waals surface area contributed by atoms with Crippen LogP contribution in [-0.2, 0) is 6.54 Å². The van der Waals surface area contributed by atoms with Gasteiger partial charge in [-0.15, -0.1) is 10.2 Å². The number of aromatic nitrogens is 7. The Morgan fingerprint density at radius 2 is 1.78 bits per heavy atom. The maximum absolute atomic E-state index is 14.5. The van der Waals surface area contributed by atoms with Gasteiger partial charge in [0.2, 0.25) is 5.82 Å². The fraction of sp³-hybridized carbons (Fsp3) is 0.192. The van der Waals surface area contributed by atoms with Crippen LogP contribution in [0.1, 0.15) is 36.9 Å². The van der Waals surface area contributed by atoms with Crippen molar-refractivity contribution < 1.29 is 8.78 Å². The zero-order valence-electron chi connectivity index (χ0n) is 19.5. The van der Waals surface area contributed by atoms with Gasteiger partial charge in [0.05, 0.1) is 12.6 Å². The average Bonchev–Trinajstić information content (AvgIpc) is 3.55. The van der Waals surface area contributed by atoms with Crippen LogP contribution >= 0.6 is 0 Å². The molecule has 2 aromatic carbocycles. The van der Waals surface area contributed by atoms with E-state index < -0.39 is 17.7 Å². The highest BCUT2D eigenvalue weighted by Gasteiger charge is 2.23. The Labute approximate surface area is 205 Å². The molecule has 10 heteroatoms. The minimum atomic E-state index is -0.721. The first-order valence-corrected chi connectivity index (χ1v) is 11.5. The van der Waals surface area contributed by atoms with Crippen LogP contribution in [0.2, 0.25) is 0 Å². The molecule has 1 N–H and O–H groups in total. The van der Waals surface area contributed by atoms with Crippen LogP contribution in [0.3, 0.4) is 0 Å². The van der Waals surface area contributed by atoms with Crippen LogP contribution in [0.15, 0.2) is 78.1 Å². The van der Waals surface area contributed by atoms with Gasteiger partial charge in [-0.1, -0.05) is 43.7 Å². The summed E-state index contributed by atoms with van der Waals surface area (Å²) in [6.07, 6.45) is 7.74. The van der Waals surface area contributed by atoms with Crippen molar-refractivity contribution in [2.24, 2.45) is 0 Å². The van der Waals surface area contributed by atoms with E-state index in [0.29, 0.717) is 25.2 Å². The number of pyridine rings is 1. The normalized spacial score (nSPS) is 12.1. The molecule has 3 aromatic heterocycles. The summed E-state index contributed by atoms with van der Waals surface area (Å²) in [4.78, 5) is 17.4. The Hall–Kier alpha value is -4.47. The highest BCUT2D eigenvalue weighted by Crippen LogP contribution is 2.29. The standard InChI is InChI=1S/C26H23F2N7O/c1-2-4-23(24-21(27)5-3-6-22(24)28)35-14-13-34(26(35)36)16-17-7-9-18(10-8-17)20-15-29-12-11-19(20)25-30-32-33-31-25/h3,5-15,23H,2,4,16H2,1H3,(H,30,31,32,33). The van der Waals surface area contributed by atoms with Crippen molar-refractivity contribution in [3.63, 3.8) is 0 Å². The van der Waals surface area contributed by atoms with Crippen molar-refractivity contribution >= 4 is 0 Å². The second-order valence-corrected chi connectivity index (χ2v) is 8.41. The van der Waals surface area contributed by atoms with Gasteiger partial charge in [0, 0.05) is 41.5 Å². The molecule has 0 amide bonds. The van der Waals surface area contributed by atoms with Gasteiger partial charge < -0.3 is 0 Å². The van der Waals surface area contributed by atoms with E-state index in [9.17, 15) is 13.6 Å². The van der Waals surface area contributed by atoms with Crippen LogP contribution in [0.4, 0.5) is 8.78 Å². The molecule has 5 rings (SSSR count). The van der Waals surface area contributed by atoms with Crippen molar-refractivity contribution in [2.75, 3.05) is 0 Å². The molecule has 0 bridgehead atoms. The molecule has 0 aliphatic carbocycles. The lowest BCUT2D eigenvalue weighted by Crippen LogP contribution is -2.29. The molecule has 8 nitrogen and oxygen atoms in total. The quantitative estimate of drug-likeness (QED) is 0.345. The number of nitrogens with one attached hydrogen (secondary N) is 1. The molecular formula is C26H23F2N7O. The highest BCUT2D eigenvalue weighted by molar-refractivity contribution is 5.79. The van der Waals surface area contributed by atoms with E-state index in [0.717, 1.165) is 22.3 Å². The van der Waals surface area contributed by atoms with Gasteiger partial charge in [-0.05, 0) is 41.0 Å². The zero-order valence-corrected chi connectivity index (χ0v) is 19.5. The van der Waals surface area contributed by atoms with Crippen molar-refractivity contribution in [1.82, 2.24) is 34.7 Å². The fourth-order valence-electron chi connectivity index (χ4n) is 4.39. The molecule has 0 saturated carbocycles. The number of H-pyrrole nitrogens is 1. The second-order valence-electron chi connectivity index (χ2n) is 8.41. The van der Waals surface area contributed by atoms with Gasteiger partial charge in [-0.2, -0.15) is 5.21 Å². The van der Waals surface area contributed by atoms with Gasteiger partial charge in [0.15, 0.2) is 0 Å². The first-order chi connectivity index (χ1) is 17.6. The Balaban J connectivity index is 1.41. The first-order valence-electron chi connectivity index (χ1n) is 11.5. The number of benzene rings is 2. The number of nitrogens with zero attached hydrogens (tertiary/aromatic N) is 6. The van der Waals surface area contributed by atoms with E-state index in [2.05, 4.69) is 25.6 Å². The number of imidazole rings is 1. The third-order valence-electron chi connectivity index (χ3n) is 6.13. The van der Waals surface area contributed by atoms with Gasteiger partial charge >= 0.3 is 5.69 Å². The second kappa shape index (κ2) is 10.0. The summed E-state index contributed by atoms with van der Waals surface area (Å²) in [5.41, 5.74) is 3.04. The van der Waals surface area contributed by atoms with Crippen LogP contribution in [0, 0.1) is 11.6 Å². The summed E-state index contributed by atoms with van der Waals surface area (Å²) < 4.78 is 32.0. The molecule has 0 spiro atoms. The molecule has 36 heavy (non-hydrogen) atoms. The number of hydrogen-bond donors (Lipinski definition) is 1. The molecule has 0 fully saturated rings. The van der Waals surface area contributed by atoms with Gasteiger partial charge in [0.25, 0.3) is 0 Å². The average molecular weight is 488 g/mol. The van der Waals surface area contributed by atoms with E-state index in [1.54, 1.807) is 24.8 Å². The Bertz CT molecular complexity index is 1500. The molecule has 0 aliphatic heterocycles. The molecule has 0 aliphatic rings. The molecule has 182 valence electrons. The van der Waals surface area contributed by atoms with E-state index in [4.69, 9.17) is 0 Å². The Kier molecular flexibility index (Phi) is 6.48. The molecule has 1 atom stereocenters. The molecule has 1 unspecified atom stereocenters. The summed E-state index contributed by atoms with van der Waals surface area (Å²) >= 11 is 0. The van der Waals surface area contributed by atoms with E-state index in [-0.39, 0.29) is 11.3 Å². The smallest absolute Gasteiger partial charge is 0.295 e. The largest absolute Gasteiger partial charge is 0.329 e. The molecule has 0 radical (unpaired) electrons. The number of rotatable bonds is 8. The van der Waals surface area contributed by atoms with Crippen LogP contribution in [-0.4, -0.2) is 34.7 Å². The number of tetrazole rings is 1. The lowest BCUT2D eigenvalue weighted by Gasteiger charge is -2.19. The van der Waals surface area contributed by atoms with Crippen molar-refractivity contribution in [1.29, 1.82) is 0 Å². The topological polar surface area (TPSA) is 94.3 Å². The summed E-state index contributed by atoms with van der Waals surface area (Å²) in [6.45, 7) is 2.23. The monoisotopic (exact) mass is 487 g/mol. The minimum absolute atomic E-state index is 0.0857. The number of hydrogen-bond acceptors (Lipinski definition) is 5. The molecular weight excluding hydrogens is 464 g/mol. The summed E-state index contributed by atoms with van der Waals surface area (Å²) in [7, 11) is 0. The first kappa shape index (κ1) is 23.3. The highest BCUT2D eigenvalue weighted by atomic mass is 19.1. The van der Waals surface area contributed by atoms with Gasteiger partial charge in [-0.3, -0.25) is 14.1 Å². The van der Waals surface area contributed by atoms with Crippen LogP contribution in [0.25, 0.3) is 22.5 Å². The van der Waals surface area contributed by atoms with Gasteiger partial charge in [-0.25, -0.2) is 13.6 Å². The van der Waals surface area contributed by atoms with Crippen molar-refractivity contribution in [2.45, 2.75) is 32.4 Å². The van der Waals surface area contributed by atoms with E-state index in [1.807, 2.05) is 37.3 Å². The maximum Gasteiger partial charge on any atom is 0.329 e. The summed E-state index contributed by atoms with van der Waals surface area (Å²) in [6, 6.07) is 12.6. The maximum atomic E-state index is 14.5. The zero-order chi connectivity index (χ0) is 25.1. The van der Waals surface area contributed by atoms with E-state index >= 15 is 0 Å². The Morgan fingerprint density at radius 1 is 1.00 bits per heavy atom. The fourth-order valence-corrected chi connectivity index (χ4v) is 4.39. The van der Waals surface area contributed by atoms with Gasteiger partial charge in [0.1, 0.15) is 11.6 Å².